The second kappa shape index (κ2) is 9.11. The van der Waals surface area contributed by atoms with E-state index in [0.717, 1.165) is 36.8 Å². The van der Waals surface area contributed by atoms with Crippen molar-refractivity contribution < 1.29 is 14.3 Å². The molecule has 2 unspecified atom stereocenters. The molecule has 5 heteroatoms. The van der Waals surface area contributed by atoms with E-state index in [1.807, 2.05) is 55.5 Å². The van der Waals surface area contributed by atoms with Crippen molar-refractivity contribution in [3.05, 3.63) is 59.7 Å². The van der Waals surface area contributed by atoms with Crippen LogP contribution in [0.1, 0.15) is 43.7 Å². The van der Waals surface area contributed by atoms with Crippen LogP contribution in [0.3, 0.4) is 0 Å². The summed E-state index contributed by atoms with van der Waals surface area (Å²) in [5.74, 6) is 1.25. The first-order valence-electron chi connectivity index (χ1n) is 9.90. The summed E-state index contributed by atoms with van der Waals surface area (Å²) in [7, 11) is 1.62. The molecule has 0 saturated heterocycles. The zero-order chi connectivity index (χ0) is 20.0. The highest BCUT2D eigenvalue weighted by Crippen LogP contribution is 2.32. The smallest absolute Gasteiger partial charge is 0.225 e. The number of hydrogen-bond donors (Lipinski definition) is 2. The third-order valence-corrected chi connectivity index (χ3v) is 5.50. The standard InChI is InChI=1S/C23H30N2O3/c1-23(24)13-7-6-10-19(23)22(26)25-15-18-11-12-20(21(14-18)27-2)28-16-17-8-4-3-5-9-17/h3-5,8-9,11-12,14,19H,6-7,10,13,15-16,24H2,1-2H3,(H,25,26). The lowest BCUT2D eigenvalue weighted by atomic mass is 9.74. The summed E-state index contributed by atoms with van der Waals surface area (Å²) in [5, 5.41) is 3.04. The summed E-state index contributed by atoms with van der Waals surface area (Å²) in [6.07, 6.45) is 3.91. The number of amides is 1. The Hall–Kier alpha value is -2.53. The molecule has 2 atom stereocenters. The molecule has 28 heavy (non-hydrogen) atoms. The highest BCUT2D eigenvalue weighted by molar-refractivity contribution is 5.80. The first-order valence-corrected chi connectivity index (χ1v) is 9.90. The minimum absolute atomic E-state index is 0.0353. The molecule has 2 aromatic carbocycles. The van der Waals surface area contributed by atoms with Crippen LogP contribution in [0, 0.1) is 5.92 Å². The third-order valence-electron chi connectivity index (χ3n) is 5.50. The topological polar surface area (TPSA) is 73.6 Å². The normalized spacial score (nSPS) is 21.8. The van der Waals surface area contributed by atoms with E-state index in [1.165, 1.54) is 0 Å². The fourth-order valence-corrected chi connectivity index (χ4v) is 3.78. The monoisotopic (exact) mass is 382 g/mol. The van der Waals surface area contributed by atoms with E-state index in [-0.39, 0.29) is 11.8 Å². The molecule has 2 aromatic rings. The van der Waals surface area contributed by atoms with Crippen LogP contribution in [0.4, 0.5) is 0 Å². The quantitative estimate of drug-likeness (QED) is 0.764. The van der Waals surface area contributed by atoms with Gasteiger partial charge in [0, 0.05) is 12.1 Å². The van der Waals surface area contributed by atoms with E-state index in [1.54, 1.807) is 7.11 Å². The summed E-state index contributed by atoms with van der Waals surface area (Å²) in [6.45, 7) is 2.91. The third kappa shape index (κ3) is 5.04. The molecule has 3 N–H and O–H groups in total. The summed E-state index contributed by atoms with van der Waals surface area (Å²) in [5.41, 5.74) is 7.98. The van der Waals surface area contributed by atoms with E-state index in [2.05, 4.69) is 5.32 Å². The molecule has 0 bridgehead atoms. The van der Waals surface area contributed by atoms with E-state index >= 15 is 0 Å². The van der Waals surface area contributed by atoms with Crippen LogP contribution in [0.15, 0.2) is 48.5 Å². The second-order valence-electron chi connectivity index (χ2n) is 7.78. The molecule has 0 heterocycles. The van der Waals surface area contributed by atoms with Crippen LogP contribution < -0.4 is 20.5 Å². The average Bonchev–Trinajstić information content (AvgIpc) is 2.71. The fraction of sp³-hybridized carbons (Fsp3) is 0.435. The van der Waals surface area contributed by atoms with Crippen LogP contribution in [-0.2, 0) is 17.9 Å². The van der Waals surface area contributed by atoms with Gasteiger partial charge in [-0.1, -0.05) is 49.2 Å². The molecule has 150 valence electrons. The van der Waals surface area contributed by atoms with E-state index < -0.39 is 5.54 Å². The summed E-state index contributed by atoms with van der Waals surface area (Å²) in [6, 6.07) is 15.7. The Morgan fingerprint density at radius 2 is 1.93 bits per heavy atom. The van der Waals surface area contributed by atoms with Gasteiger partial charge in [-0.3, -0.25) is 4.79 Å². The fourth-order valence-electron chi connectivity index (χ4n) is 3.78. The van der Waals surface area contributed by atoms with Crippen molar-refractivity contribution in [2.24, 2.45) is 11.7 Å². The minimum Gasteiger partial charge on any atom is -0.493 e. The van der Waals surface area contributed by atoms with Crippen LogP contribution in [-0.4, -0.2) is 18.6 Å². The van der Waals surface area contributed by atoms with Crippen molar-refractivity contribution in [2.75, 3.05) is 7.11 Å². The maximum Gasteiger partial charge on any atom is 0.225 e. The van der Waals surface area contributed by atoms with E-state index in [0.29, 0.717) is 24.7 Å². The molecule has 1 saturated carbocycles. The SMILES string of the molecule is COc1cc(CNC(=O)C2CCCCC2(C)N)ccc1OCc1ccccc1. The van der Waals surface area contributed by atoms with Gasteiger partial charge in [-0.2, -0.15) is 0 Å². The molecule has 1 fully saturated rings. The molecular formula is C23H30N2O3. The van der Waals surface area contributed by atoms with Crippen LogP contribution >= 0.6 is 0 Å². The lowest BCUT2D eigenvalue weighted by Crippen LogP contribution is -2.52. The number of ether oxygens (including phenoxy) is 2. The number of hydrogen-bond acceptors (Lipinski definition) is 4. The minimum atomic E-state index is -0.421. The number of methoxy groups -OCH3 is 1. The van der Waals surface area contributed by atoms with Crippen molar-refractivity contribution in [1.82, 2.24) is 5.32 Å². The van der Waals surface area contributed by atoms with Gasteiger partial charge in [-0.25, -0.2) is 0 Å². The molecule has 1 amide bonds. The number of nitrogens with two attached hydrogens (primary N) is 1. The molecule has 3 rings (SSSR count). The Bertz CT molecular complexity index is 790. The van der Waals surface area contributed by atoms with Gasteiger partial charge in [0.2, 0.25) is 5.91 Å². The number of rotatable bonds is 7. The highest BCUT2D eigenvalue weighted by Gasteiger charge is 2.37. The number of carbonyl (C=O) groups is 1. The molecule has 1 aliphatic carbocycles. The van der Waals surface area contributed by atoms with Crippen molar-refractivity contribution in [3.63, 3.8) is 0 Å². The first-order chi connectivity index (χ1) is 13.5. The largest absolute Gasteiger partial charge is 0.493 e. The molecule has 5 nitrogen and oxygen atoms in total. The molecule has 1 aliphatic rings. The maximum absolute atomic E-state index is 12.6. The molecule has 0 radical (unpaired) electrons. The van der Waals surface area contributed by atoms with Gasteiger partial charge >= 0.3 is 0 Å². The Labute approximate surface area is 167 Å². The summed E-state index contributed by atoms with van der Waals surface area (Å²) in [4.78, 5) is 12.6. The van der Waals surface area contributed by atoms with Crippen molar-refractivity contribution in [2.45, 2.75) is 51.3 Å². The van der Waals surface area contributed by atoms with Gasteiger partial charge < -0.3 is 20.5 Å². The van der Waals surface area contributed by atoms with Crippen molar-refractivity contribution in [1.29, 1.82) is 0 Å². The Morgan fingerprint density at radius 3 is 2.64 bits per heavy atom. The van der Waals surface area contributed by atoms with Gasteiger partial charge in [0.05, 0.1) is 13.0 Å². The van der Waals surface area contributed by atoms with Gasteiger partial charge in [-0.15, -0.1) is 0 Å². The first kappa shape index (κ1) is 20.2. The van der Waals surface area contributed by atoms with Crippen LogP contribution in [0.25, 0.3) is 0 Å². The van der Waals surface area contributed by atoms with Crippen LogP contribution in [0.5, 0.6) is 11.5 Å². The van der Waals surface area contributed by atoms with Crippen molar-refractivity contribution in [3.8, 4) is 11.5 Å². The van der Waals surface area contributed by atoms with Crippen LogP contribution in [0.2, 0.25) is 0 Å². The predicted molar refractivity (Wildman–Crippen MR) is 110 cm³/mol. The van der Waals surface area contributed by atoms with Crippen molar-refractivity contribution >= 4 is 5.91 Å². The number of benzene rings is 2. The van der Waals surface area contributed by atoms with Gasteiger partial charge in [0.15, 0.2) is 11.5 Å². The number of carbonyl (C=O) groups excluding carboxylic acids is 1. The molecular weight excluding hydrogens is 352 g/mol. The molecule has 0 aromatic heterocycles. The van der Waals surface area contributed by atoms with E-state index in [4.69, 9.17) is 15.2 Å². The number of nitrogens with one attached hydrogen (secondary N) is 1. The van der Waals surface area contributed by atoms with Gasteiger partial charge in [-0.05, 0) is 43.0 Å². The summed E-state index contributed by atoms with van der Waals surface area (Å²) < 4.78 is 11.4. The Balaban J connectivity index is 1.59. The lowest BCUT2D eigenvalue weighted by molar-refractivity contribution is -0.128. The zero-order valence-electron chi connectivity index (χ0n) is 16.7. The van der Waals surface area contributed by atoms with Gasteiger partial charge in [0.1, 0.15) is 6.61 Å². The Morgan fingerprint density at radius 1 is 1.14 bits per heavy atom. The lowest BCUT2D eigenvalue weighted by Gasteiger charge is -2.37. The zero-order valence-corrected chi connectivity index (χ0v) is 16.7. The highest BCUT2D eigenvalue weighted by atomic mass is 16.5. The predicted octanol–water partition coefficient (Wildman–Crippen LogP) is 3.80. The Kier molecular flexibility index (Phi) is 6.57. The summed E-state index contributed by atoms with van der Waals surface area (Å²) >= 11 is 0. The van der Waals surface area contributed by atoms with Gasteiger partial charge in [0.25, 0.3) is 0 Å². The molecule has 0 spiro atoms. The second-order valence-corrected chi connectivity index (χ2v) is 7.78. The molecule has 0 aliphatic heterocycles. The van der Waals surface area contributed by atoms with E-state index in [9.17, 15) is 4.79 Å². The average molecular weight is 383 g/mol. The maximum atomic E-state index is 12.6.